The molecule has 1 amide bonds. The van der Waals surface area contributed by atoms with Gasteiger partial charge in [0.1, 0.15) is 17.0 Å². The first kappa shape index (κ1) is 17.4. The molecule has 4 aromatic rings. The number of thiazole rings is 1. The van der Waals surface area contributed by atoms with E-state index < -0.39 is 0 Å². The zero-order valence-electron chi connectivity index (χ0n) is 14.4. The van der Waals surface area contributed by atoms with Crippen molar-refractivity contribution in [1.82, 2.24) is 19.9 Å². The van der Waals surface area contributed by atoms with Crippen molar-refractivity contribution < 1.29 is 9.32 Å². The number of carbonyl (C=O) groups excluding carboxylic acids is 1. The molecule has 0 atom stereocenters. The minimum atomic E-state index is -0.328. The van der Waals surface area contributed by atoms with E-state index in [4.69, 9.17) is 16.1 Å². The lowest BCUT2D eigenvalue weighted by atomic mass is 10.1. The van der Waals surface area contributed by atoms with Crippen LogP contribution in [0, 0.1) is 6.92 Å². The molecule has 0 aliphatic heterocycles. The fraction of sp³-hybridized carbons (Fsp3) is 0.111. The molecular formula is C18H14ClN5O2S. The van der Waals surface area contributed by atoms with Crippen LogP contribution >= 0.6 is 22.9 Å². The first-order valence-electron chi connectivity index (χ1n) is 7.99. The van der Waals surface area contributed by atoms with Crippen molar-refractivity contribution in [1.29, 1.82) is 0 Å². The quantitative estimate of drug-likeness (QED) is 0.549. The summed E-state index contributed by atoms with van der Waals surface area (Å²) >= 11 is 7.27. The number of nitrogens with zero attached hydrogens (tertiary/aromatic N) is 4. The third kappa shape index (κ3) is 3.49. The van der Waals surface area contributed by atoms with Crippen molar-refractivity contribution in [3.63, 3.8) is 0 Å². The van der Waals surface area contributed by atoms with E-state index in [9.17, 15) is 4.79 Å². The molecule has 0 bridgehead atoms. The second-order valence-electron chi connectivity index (χ2n) is 5.86. The summed E-state index contributed by atoms with van der Waals surface area (Å²) < 4.78 is 6.94. The number of halogens is 1. The molecule has 0 fully saturated rings. The van der Waals surface area contributed by atoms with E-state index in [1.54, 1.807) is 42.1 Å². The Morgan fingerprint density at radius 3 is 2.74 bits per heavy atom. The number of amides is 1. The summed E-state index contributed by atoms with van der Waals surface area (Å²) in [4.78, 5) is 17.3. The molecule has 3 heterocycles. The van der Waals surface area contributed by atoms with Gasteiger partial charge in [-0.15, -0.1) is 11.3 Å². The summed E-state index contributed by atoms with van der Waals surface area (Å²) in [6, 6.07) is 7.06. The fourth-order valence-electron chi connectivity index (χ4n) is 2.62. The molecule has 1 N–H and O–H groups in total. The van der Waals surface area contributed by atoms with Crippen molar-refractivity contribution >= 4 is 34.0 Å². The predicted molar refractivity (Wildman–Crippen MR) is 104 cm³/mol. The molecule has 0 aliphatic rings. The number of aryl methyl sites for hydroxylation is 2. The molecule has 136 valence electrons. The van der Waals surface area contributed by atoms with E-state index in [0.717, 1.165) is 16.8 Å². The topological polar surface area (TPSA) is 85.8 Å². The minimum absolute atomic E-state index is 0.328. The highest BCUT2D eigenvalue weighted by atomic mass is 35.5. The van der Waals surface area contributed by atoms with E-state index in [0.29, 0.717) is 27.2 Å². The van der Waals surface area contributed by atoms with Gasteiger partial charge in [-0.1, -0.05) is 28.9 Å². The number of benzene rings is 1. The largest absolute Gasteiger partial charge is 0.360 e. The van der Waals surface area contributed by atoms with Gasteiger partial charge < -0.3 is 4.52 Å². The fourth-order valence-corrected chi connectivity index (χ4v) is 3.46. The number of carbonyl (C=O) groups is 1. The molecule has 0 unspecified atom stereocenters. The Morgan fingerprint density at radius 2 is 2.04 bits per heavy atom. The molecule has 0 spiro atoms. The maximum atomic E-state index is 12.8. The monoisotopic (exact) mass is 399 g/mol. The average molecular weight is 400 g/mol. The first-order valence-corrected chi connectivity index (χ1v) is 9.25. The van der Waals surface area contributed by atoms with Gasteiger partial charge in [0.15, 0.2) is 5.13 Å². The van der Waals surface area contributed by atoms with E-state index in [1.807, 2.05) is 18.6 Å². The second kappa shape index (κ2) is 6.98. The van der Waals surface area contributed by atoms with Crippen molar-refractivity contribution in [3.05, 3.63) is 58.4 Å². The number of anilines is 1. The lowest BCUT2D eigenvalue weighted by Gasteiger charge is -2.03. The van der Waals surface area contributed by atoms with Crippen molar-refractivity contribution in [2.24, 2.45) is 7.05 Å². The Morgan fingerprint density at radius 1 is 1.26 bits per heavy atom. The Balaban J connectivity index is 1.60. The molecule has 7 nitrogen and oxygen atoms in total. The minimum Gasteiger partial charge on any atom is -0.360 e. The summed E-state index contributed by atoms with van der Waals surface area (Å²) in [6.07, 6.45) is 3.59. The number of rotatable bonds is 4. The number of aromatic nitrogens is 4. The first-order chi connectivity index (χ1) is 13.0. The maximum Gasteiger partial charge on any atom is 0.263 e. The molecule has 3 aromatic heterocycles. The summed E-state index contributed by atoms with van der Waals surface area (Å²) in [5.74, 6) is 0.104. The Bertz CT molecular complexity index is 1110. The van der Waals surface area contributed by atoms with Gasteiger partial charge in [0.25, 0.3) is 5.91 Å². The molecule has 0 aliphatic carbocycles. The Labute approximate surface area is 163 Å². The molecule has 1 aromatic carbocycles. The summed E-state index contributed by atoms with van der Waals surface area (Å²) in [6.45, 7) is 1.70. The highest BCUT2D eigenvalue weighted by Gasteiger charge is 2.22. The van der Waals surface area contributed by atoms with Crippen LogP contribution in [0.1, 0.15) is 16.1 Å². The van der Waals surface area contributed by atoms with Crippen LogP contribution < -0.4 is 5.32 Å². The van der Waals surface area contributed by atoms with E-state index >= 15 is 0 Å². The lowest BCUT2D eigenvalue weighted by Crippen LogP contribution is -2.13. The van der Waals surface area contributed by atoms with Crippen LogP contribution in [0.15, 0.2) is 46.6 Å². The van der Waals surface area contributed by atoms with Gasteiger partial charge in [0.05, 0.1) is 11.9 Å². The number of hydrogen-bond donors (Lipinski definition) is 1. The standard InChI is InChI=1S/C18H14ClN5O2S/c1-10-15(16(23-26-10)11-3-5-13(19)6-4-11)17(25)22-18-21-14(9-27-18)12-7-20-24(2)8-12/h3-9H,1-2H3,(H,21,22,25). The average Bonchev–Trinajstić information content (AvgIpc) is 3.36. The van der Waals surface area contributed by atoms with E-state index in [1.165, 1.54) is 11.3 Å². The summed E-state index contributed by atoms with van der Waals surface area (Å²) in [7, 11) is 1.84. The molecule has 0 radical (unpaired) electrons. The van der Waals surface area contributed by atoms with Gasteiger partial charge in [-0.25, -0.2) is 4.98 Å². The van der Waals surface area contributed by atoms with Crippen LogP contribution in [-0.2, 0) is 7.05 Å². The van der Waals surface area contributed by atoms with Crippen LogP contribution in [0.2, 0.25) is 5.02 Å². The van der Waals surface area contributed by atoms with Crippen molar-refractivity contribution in [3.8, 4) is 22.5 Å². The van der Waals surface area contributed by atoms with E-state index in [2.05, 4.69) is 20.6 Å². The van der Waals surface area contributed by atoms with Gasteiger partial charge in [0.2, 0.25) is 0 Å². The molecule has 0 saturated carbocycles. The third-order valence-corrected chi connectivity index (χ3v) is 4.94. The van der Waals surface area contributed by atoms with Crippen LogP contribution in [0.3, 0.4) is 0 Å². The zero-order valence-corrected chi connectivity index (χ0v) is 16.0. The highest BCUT2D eigenvalue weighted by Crippen LogP contribution is 2.29. The Hall–Kier alpha value is -2.97. The maximum absolute atomic E-state index is 12.8. The van der Waals surface area contributed by atoms with Crippen LogP contribution in [0.25, 0.3) is 22.5 Å². The predicted octanol–water partition coefficient (Wildman–Crippen LogP) is 4.41. The van der Waals surface area contributed by atoms with Gasteiger partial charge in [0, 0.05) is 34.8 Å². The van der Waals surface area contributed by atoms with Crippen molar-refractivity contribution in [2.75, 3.05) is 5.32 Å². The van der Waals surface area contributed by atoms with Gasteiger partial charge in [-0.05, 0) is 19.1 Å². The van der Waals surface area contributed by atoms with Crippen molar-refractivity contribution in [2.45, 2.75) is 6.92 Å². The second-order valence-corrected chi connectivity index (χ2v) is 7.16. The van der Waals surface area contributed by atoms with Crippen LogP contribution in [0.5, 0.6) is 0 Å². The summed E-state index contributed by atoms with van der Waals surface area (Å²) in [5.41, 5.74) is 3.22. The molecule has 9 heteroatoms. The van der Waals surface area contributed by atoms with Crippen LogP contribution in [-0.4, -0.2) is 25.8 Å². The molecule has 4 rings (SSSR count). The third-order valence-electron chi connectivity index (χ3n) is 3.93. The number of nitrogens with one attached hydrogen (secondary N) is 1. The Kier molecular flexibility index (Phi) is 4.51. The SMILES string of the molecule is Cc1onc(-c2ccc(Cl)cc2)c1C(=O)Nc1nc(-c2cnn(C)c2)cs1. The van der Waals surface area contributed by atoms with Crippen LogP contribution in [0.4, 0.5) is 5.13 Å². The van der Waals surface area contributed by atoms with E-state index in [-0.39, 0.29) is 5.91 Å². The number of hydrogen-bond acceptors (Lipinski definition) is 6. The lowest BCUT2D eigenvalue weighted by molar-refractivity contribution is 0.102. The molecular weight excluding hydrogens is 386 g/mol. The van der Waals surface area contributed by atoms with Gasteiger partial charge >= 0.3 is 0 Å². The summed E-state index contributed by atoms with van der Waals surface area (Å²) in [5, 5.41) is 13.9. The molecule has 27 heavy (non-hydrogen) atoms. The zero-order chi connectivity index (χ0) is 19.0. The highest BCUT2D eigenvalue weighted by molar-refractivity contribution is 7.14. The normalized spacial score (nSPS) is 10.9. The van der Waals surface area contributed by atoms with Gasteiger partial charge in [-0.2, -0.15) is 5.10 Å². The smallest absolute Gasteiger partial charge is 0.263 e. The molecule has 0 saturated heterocycles. The van der Waals surface area contributed by atoms with Gasteiger partial charge in [-0.3, -0.25) is 14.8 Å².